The predicted octanol–water partition coefficient (Wildman–Crippen LogP) is -0.950. The van der Waals surface area contributed by atoms with Gasteiger partial charge in [-0.2, -0.15) is 0 Å². The van der Waals surface area contributed by atoms with Gasteiger partial charge in [0.25, 0.3) is 0 Å². The van der Waals surface area contributed by atoms with Crippen molar-refractivity contribution in [1.29, 1.82) is 0 Å². The van der Waals surface area contributed by atoms with Crippen LogP contribution in [0, 0.1) is 0 Å². The minimum atomic E-state index is -0.878. The van der Waals surface area contributed by atoms with Crippen LogP contribution in [0.3, 0.4) is 0 Å². The van der Waals surface area contributed by atoms with Crippen molar-refractivity contribution in [1.82, 2.24) is 10.2 Å². The minimum absolute atomic E-state index is 0.00653. The largest absolute Gasteiger partial charge is 0.480 e. The molecule has 0 unspecified atom stereocenters. The number of carboxylic acid groups (broad SMARTS) is 1. The molecule has 0 spiro atoms. The van der Waals surface area contributed by atoms with Crippen molar-refractivity contribution in [3.63, 3.8) is 0 Å². The molecule has 1 amide bonds. The van der Waals surface area contributed by atoms with Gasteiger partial charge in [0.05, 0.1) is 19.3 Å². The third-order valence-electron chi connectivity index (χ3n) is 3.07. The third kappa shape index (κ3) is 2.33. The van der Waals surface area contributed by atoms with Crippen LogP contribution in [0.25, 0.3) is 0 Å². The zero-order valence-electron chi connectivity index (χ0n) is 9.02. The number of morpholine rings is 1. The van der Waals surface area contributed by atoms with Crippen molar-refractivity contribution in [2.45, 2.75) is 24.9 Å². The molecule has 6 heteroatoms. The second kappa shape index (κ2) is 4.80. The van der Waals surface area contributed by atoms with Gasteiger partial charge in [0.2, 0.25) is 5.91 Å². The predicted molar refractivity (Wildman–Crippen MR) is 55.0 cm³/mol. The molecule has 2 fully saturated rings. The second-order valence-corrected chi connectivity index (χ2v) is 4.13. The summed E-state index contributed by atoms with van der Waals surface area (Å²) < 4.78 is 5.16. The Balaban J connectivity index is 1.88. The zero-order chi connectivity index (χ0) is 11.5. The lowest BCUT2D eigenvalue weighted by atomic mass is 10.1. The van der Waals surface area contributed by atoms with Crippen LogP contribution in [0.2, 0.25) is 0 Å². The topological polar surface area (TPSA) is 78.9 Å². The van der Waals surface area contributed by atoms with Crippen LogP contribution in [-0.4, -0.2) is 60.3 Å². The fraction of sp³-hybridized carbons (Fsp3) is 0.800. The first-order valence-electron chi connectivity index (χ1n) is 5.54. The van der Waals surface area contributed by atoms with E-state index >= 15 is 0 Å². The molecule has 16 heavy (non-hydrogen) atoms. The number of aliphatic carboxylic acids is 1. The van der Waals surface area contributed by atoms with Gasteiger partial charge in [-0.05, 0) is 12.8 Å². The molecule has 2 rings (SSSR count). The number of carboxylic acids is 1. The molecule has 0 bridgehead atoms. The van der Waals surface area contributed by atoms with Gasteiger partial charge in [0.1, 0.15) is 6.04 Å². The summed E-state index contributed by atoms with van der Waals surface area (Å²) in [6, 6.07) is -0.908. The van der Waals surface area contributed by atoms with E-state index in [2.05, 4.69) is 5.32 Å². The summed E-state index contributed by atoms with van der Waals surface area (Å²) in [4.78, 5) is 24.5. The second-order valence-electron chi connectivity index (χ2n) is 4.13. The normalized spacial score (nSPS) is 30.4. The highest BCUT2D eigenvalue weighted by Crippen LogP contribution is 2.15. The molecule has 0 aromatic carbocycles. The van der Waals surface area contributed by atoms with E-state index in [1.54, 1.807) is 4.90 Å². The molecule has 2 N–H and O–H groups in total. The van der Waals surface area contributed by atoms with Gasteiger partial charge in [-0.25, -0.2) is 0 Å². The standard InChI is InChI=1S/C10H16N2O4/c13-9(12-3-5-16-6-4-12)7-1-2-8(11-7)10(14)15/h7-8,11H,1-6H2,(H,14,15)/t7-,8+/m0/s1. The molecule has 2 saturated heterocycles. The Morgan fingerprint density at radius 1 is 1.19 bits per heavy atom. The van der Waals surface area contributed by atoms with E-state index in [9.17, 15) is 9.59 Å². The Labute approximate surface area is 93.6 Å². The van der Waals surface area contributed by atoms with Crippen LogP contribution in [0.1, 0.15) is 12.8 Å². The number of carbonyl (C=O) groups is 2. The Morgan fingerprint density at radius 2 is 1.81 bits per heavy atom. The maximum absolute atomic E-state index is 12.0. The number of carbonyl (C=O) groups excluding carboxylic acids is 1. The molecule has 0 radical (unpaired) electrons. The van der Waals surface area contributed by atoms with Gasteiger partial charge in [-0.3, -0.25) is 14.9 Å². The third-order valence-corrected chi connectivity index (χ3v) is 3.07. The number of ether oxygens (including phenoxy) is 1. The lowest BCUT2D eigenvalue weighted by molar-refractivity contribution is -0.139. The summed E-state index contributed by atoms with van der Waals surface area (Å²) in [5.41, 5.74) is 0. The molecular weight excluding hydrogens is 212 g/mol. The van der Waals surface area contributed by atoms with Crippen LogP contribution < -0.4 is 5.32 Å². The molecule has 2 aliphatic heterocycles. The lowest BCUT2D eigenvalue weighted by Crippen LogP contribution is -2.50. The van der Waals surface area contributed by atoms with Crippen molar-refractivity contribution >= 4 is 11.9 Å². The summed E-state index contributed by atoms with van der Waals surface area (Å²) >= 11 is 0. The first-order valence-corrected chi connectivity index (χ1v) is 5.54. The van der Waals surface area contributed by atoms with E-state index in [-0.39, 0.29) is 11.9 Å². The molecule has 0 aromatic rings. The van der Waals surface area contributed by atoms with Gasteiger partial charge in [0.15, 0.2) is 0 Å². The van der Waals surface area contributed by atoms with E-state index in [4.69, 9.17) is 9.84 Å². The van der Waals surface area contributed by atoms with Crippen molar-refractivity contribution < 1.29 is 19.4 Å². The SMILES string of the molecule is O=C(O)[C@H]1CC[C@@H](C(=O)N2CCOCC2)N1. The monoisotopic (exact) mass is 228 g/mol. The summed E-state index contributed by atoms with van der Waals surface area (Å²) in [5.74, 6) is -0.871. The fourth-order valence-corrected chi connectivity index (χ4v) is 2.14. The van der Waals surface area contributed by atoms with Gasteiger partial charge < -0.3 is 14.7 Å². The van der Waals surface area contributed by atoms with Gasteiger partial charge >= 0.3 is 5.97 Å². The van der Waals surface area contributed by atoms with Gasteiger partial charge in [0, 0.05) is 13.1 Å². The van der Waals surface area contributed by atoms with E-state index < -0.39 is 12.0 Å². The summed E-state index contributed by atoms with van der Waals surface area (Å²) in [6.07, 6.45) is 1.13. The fourth-order valence-electron chi connectivity index (χ4n) is 2.14. The quantitative estimate of drug-likeness (QED) is 0.637. The molecule has 0 aliphatic carbocycles. The molecule has 2 atom stereocenters. The molecule has 2 heterocycles. The number of amides is 1. The van der Waals surface area contributed by atoms with Gasteiger partial charge in [-0.15, -0.1) is 0 Å². The smallest absolute Gasteiger partial charge is 0.320 e. The highest BCUT2D eigenvalue weighted by atomic mass is 16.5. The van der Waals surface area contributed by atoms with Crippen molar-refractivity contribution in [2.75, 3.05) is 26.3 Å². The molecule has 2 aliphatic rings. The van der Waals surface area contributed by atoms with E-state index in [1.807, 2.05) is 0 Å². The van der Waals surface area contributed by atoms with Crippen molar-refractivity contribution in [3.8, 4) is 0 Å². The minimum Gasteiger partial charge on any atom is -0.480 e. The molecule has 0 aromatic heterocycles. The lowest BCUT2D eigenvalue weighted by Gasteiger charge is -2.29. The maximum atomic E-state index is 12.0. The number of hydrogen-bond donors (Lipinski definition) is 2. The Hall–Kier alpha value is -1.14. The van der Waals surface area contributed by atoms with Crippen LogP contribution in [0.4, 0.5) is 0 Å². The summed E-state index contributed by atoms with van der Waals surface area (Å²) in [6.45, 7) is 2.35. The number of nitrogens with zero attached hydrogens (tertiary/aromatic N) is 1. The summed E-state index contributed by atoms with van der Waals surface area (Å²) in [5, 5.41) is 11.7. The highest BCUT2D eigenvalue weighted by molar-refractivity contribution is 5.84. The van der Waals surface area contributed by atoms with Crippen LogP contribution >= 0.6 is 0 Å². The average molecular weight is 228 g/mol. The van der Waals surface area contributed by atoms with E-state index in [0.717, 1.165) is 0 Å². The van der Waals surface area contributed by atoms with Crippen molar-refractivity contribution in [2.24, 2.45) is 0 Å². The van der Waals surface area contributed by atoms with Crippen LogP contribution in [0.5, 0.6) is 0 Å². The van der Waals surface area contributed by atoms with Crippen LogP contribution in [0.15, 0.2) is 0 Å². The molecular formula is C10H16N2O4. The first-order chi connectivity index (χ1) is 7.68. The Kier molecular flexibility index (Phi) is 3.40. The van der Waals surface area contributed by atoms with E-state index in [1.165, 1.54) is 0 Å². The van der Waals surface area contributed by atoms with Crippen LogP contribution in [-0.2, 0) is 14.3 Å². The van der Waals surface area contributed by atoms with Crippen molar-refractivity contribution in [3.05, 3.63) is 0 Å². The van der Waals surface area contributed by atoms with Gasteiger partial charge in [-0.1, -0.05) is 0 Å². The first kappa shape index (κ1) is 11.3. The zero-order valence-corrected chi connectivity index (χ0v) is 9.02. The van der Waals surface area contributed by atoms with E-state index in [0.29, 0.717) is 39.1 Å². The molecule has 0 saturated carbocycles. The molecule has 6 nitrogen and oxygen atoms in total. The average Bonchev–Trinajstić information content (AvgIpc) is 2.78. The molecule has 90 valence electrons. The Bertz CT molecular complexity index is 289. The number of hydrogen-bond acceptors (Lipinski definition) is 4. The summed E-state index contributed by atoms with van der Waals surface area (Å²) in [7, 11) is 0. The number of nitrogens with one attached hydrogen (secondary N) is 1. The maximum Gasteiger partial charge on any atom is 0.320 e. The number of rotatable bonds is 2. The Morgan fingerprint density at radius 3 is 2.38 bits per heavy atom. The highest BCUT2D eigenvalue weighted by Gasteiger charge is 2.35.